The summed E-state index contributed by atoms with van der Waals surface area (Å²) in [5.41, 5.74) is 0.584. The van der Waals surface area contributed by atoms with Crippen molar-refractivity contribution in [1.29, 1.82) is 0 Å². The van der Waals surface area contributed by atoms with Crippen molar-refractivity contribution in [2.45, 2.75) is 5.03 Å². The summed E-state index contributed by atoms with van der Waals surface area (Å²) in [7, 11) is 0. The van der Waals surface area contributed by atoms with Crippen LogP contribution in [0.5, 0.6) is 0 Å². The van der Waals surface area contributed by atoms with Gasteiger partial charge in [0.25, 0.3) is 5.91 Å². The summed E-state index contributed by atoms with van der Waals surface area (Å²) in [4.78, 5) is 32.8. The highest BCUT2D eigenvalue weighted by Gasteiger charge is 2.11. The molecule has 2 aromatic heterocycles. The molecule has 0 fully saturated rings. The molecular formula is C16H12ClN3O3S2. The van der Waals surface area contributed by atoms with Crippen LogP contribution in [0.15, 0.2) is 47.1 Å². The molecule has 0 atom stereocenters. The van der Waals surface area contributed by atoms with Crippen LogP contribution in [0.1, 0.15) is 0 Å². The number of nitrogens with zero attached hydrogens (tertiary/aromatic N) is 2. The van der Waals surface area contributed by atoms with Crippen molar-refractivity contribution >= 4 is 62.5 Å². The van der Waals surface area contributed by atoms with Gasteiger partial charge in [-0.05, 0) is 35.7 Å². The second kappa shape index (κ2) is 8.28. The fourth-order valence-corrected chi connectivity index (χ4v) is 3.63. The fourth-order valence-electron chi connectivity index (χ4n) is 1.93. The number of fused-ring (bicyclic) bond motifs is 1. The Bertz CT molecular complexity index is 899. The third-order valence-electron chi connectivity index (χ3n) is 3.04. The summed E-state index contributed by atoms with van der Waals surface area (Å²) in [6, 6.07) is 8.56. The van der Waals surface area contributed by atoms with Crippen LogP contribution < -0.4 is 5.32 Å². The van der Waals surface area contributed by atoms with Gasteiger partial charge in [0.2, 0.25) is 0 Å². The summed E-state index contributed by atoms with van der Waals surface area (Å²) >= 11 is 8.54. The number of hydrogen-bond acceptors (Lipinski definition) is 7. The molecule has 0 aliphatic carbocycles. The molecule has 1 aromatic carbocycles. The molecule has 0 radical (unpaired) electrons. The highest BCUT2D eigenvalue weighted by atomic mass is 35.5. The number of anilines is 1. The quantitative estimate of drug-likeness (QED) is 0.391. The Balaban J connectivity index is 1.45. The average Bonchev–Trinajstić information content (AvgIpc) is 3.09. The number of carbonyl (C=O) groups is 2. The van der Waals surface area contributed by atoms with Gasteiger partial charge in [-0.25, -0.2) is 9.97 Å². The molecule has 0 aliphatic rings. The first-order valence-corrected chi connectivity index (χ1v) is 9.38. The first kappa shape index (κ1) is 17.7. The number of nitrogens with one attached hydrogen (secondary N) is 1. The van der Waals surface area contributed by atoms with E-state index in [1.165, 1.54) is 29.4 Å². The van der Waals surface area contributed by atoms with Crippen molar-refractivity contribution in [3.05, 3.63) is 47.1 Å². The number of ether oxygens (including phenoxy) is 1. The Kier molecular flexibility index (Phi) is 5.85. The molecule has 0 saturated carbocycles. The molecule has 1 amide bonds. The second-order valence-electron chi connectivity index (χ2n) is 4.82. The van der Waals surface area contributed by atoms with E-state index in [2.05, 4.69) is 15.3 Å². The minimum atomic E-state index is -0.488. The van der Waals surface area contributed by atoms with Crippen LogP contribution in [0, 0.1) is 0 Å². The van der Waals surface area contributed by atoms with Crippen LogP contribution in [0.25, 0.3) is 10.2 Å². The van der Waals surface area contributed by atoms with Gasteiger partial charge in [0.05, 0.1) is 5.75 Å². The zero-order chi connectivity index (χ0) is 17.6. The topological polar surface area (TPSA) is 81.2 Å². The smallest absolute Gasteiger partial charge is 0.316 e. The highest BCUT2D eigenvalue weighted by Crippen LogP contribution is 2.27. The first-order valence-electron chi connectivity index (χ1n) is 7.14. The normalized spacial score (nSPS) is 10.6. The van der Waals surface area contributed by atoms with Crippen molar-refractivity contribution in [2.24, 2.45) is 0 Å². The van der Waals surface area contributed by atoms with E-state index in [1.807, 2.05) is 11.4 Å². The molecule has 0 saturated heterocycles. The molecule has 0 unspecified atom stereocenters. The maximum atomic E-state index is 11.8. The van der Waals surface area contributed by atoms with Crippen molar-refractivity contribution in [3.63, 3.8) is 0 Å². The van der Waals surface area contributed by atoms with Gasteiger partial charge in [-0.15, -0.1) is 11.3 Å². The van der Waals surface area contributed by atoms with Crippen molar-refractivity contribution < 1.29 is 14.3 Å². The van der Waals surface area contributed by atoms with E-state index in [0.717, 1.165) is 10.2 Å². The average molecular weight is 394 g/mol. The molecule has 2 heterocycles. The zero-order valence-corrected chi connectivity index (χ0v) is 15.2. The molecule has 6 nitrogen and oxygen atoms in total. The first-order chi connectivity index (χ1) is 12.1. The fraction of sp³-hybridized carbons (Fsp3) is 0.125. The van der Waals surface area contributed by atoms with Gasteiger partial charge in [0.1, 0.15) is 16.2 Å². The molecule has 0 spiro atoms. The summed E-state index contributed by atoms with van der Waals surface area (Å²) in [5.74, 6) is -0.836. The lowest BCUT2D eigenvalue weighted by molar-refractivity contribution is -0.144. The van der Waals surface area contributed by atoms with E-state index in [0.29, 0.717) is 15.7 Å². The van der Waals surface area contributed by atoms with E-state index in [9.17, 15) is 9.59 Å². The summed E-state index contributed by atoms with van der Waals surface area (Å²) in [5, 5.41) is 6.74. The van der Waals surface area contributed by atoms with Crippen LogP contribution in [-0.4, -0.2) is 34.2 Å². The number of thiophene rings is 1. The Morgan fingerprint density at radius 3 is 2.80 bits per heavy atom. The van der Waals surface area contributed by atoms with Crippen molar-refractivity contribution in [3.8, 4) is 0 Å². The number of aromatic nitrogens is 2. The number of thioether (sulfide) groups is 1. The highest BCUT2D eigenvalue weighted by molar-refractivity contribution is 8.00. The van der Waals surface area contributed by atoms with Crippen LogP contribution in [0.2, 0.25) is 5.02 Å². The Hall–Kier alpha value is -2.16. The van der Waals surface area contributed by atoms with Crippen LogP contribution in [0.3, 0.4) is 0 Å². The van der Waals surface area contributed by atoms with E-state index < -0.39 is 11.9 Å². The standard InChI is InChI=1S/C16H12ClN3O3S2/c17-10-1-3-11(4-2-10)20-13(21)7-23-14(22)8-25-16-12-5-6-24-15(12)18-9-19-16/h1-6,9H,7-8H2,(H,20,21). The monoisotopic (exact) mass is 393 g/mol. The molecule has 128 valence electrons. The van der Waals surface area contributed by atoms with Gasteiger partial charge in [0.15, 0.2) is 6.61 Å². The zero-order valence-electron chi connectivity index (χ0n) is 12.8. The lowest BCUT2D eigenvalue weighted by Crippen LogP contribution is -2.21. The Morgan fingerprint density at radius 1 is 1.20 bits per heavy atom. The molecule has 0 bridgehead atoms. The molecule has 1 N–H and O–H groups in total. The molecule has 0 aliphatic heterocycles. The van der Waals surface area contributed by atoms with Gasteiger partial charge < -0.3 is 10.1 Å². The lowest BCUT2D eigenvalue weighted by Gasteiger charge is -2.06. The number of benzene rings is 1. The van der Waals surface area contributed by atoms with Gasteiger partial charge in [-0.2, -0.15) is 0 Å². The van der Waals surface area contributed by atoms with Gasteiger partial charge >= 0.3 is 5.97 Å². The van der Waals surface area contributed by atoms with Crippen LogP contribution >= 0.6 is 34.7 Å². The third-order valence-corrected chi connectivity index (χ3v) is 5.10. The van der Waals surface area contributed by atoms with Crippen molar-refractivity contribution in [1.82, 2.24) is 9.97 Å². The predicted octanol–water partition coefficient (Wildman–Crippen LogP) is 3.62. The van der Waals surface area contributed by atoms with Gasteiger partial charge in [-0.1, -0.05) is 23.4 Å². The van der Waals surface area contributed by atoms with E-state index >= 15 is 0 Å². The number of hydrogen-bond donors (Lipinski definition) is 1. The Labute approximate surface area is 156 Å². The lowest BCUT2D eigenvalue weighted by atomic mass is 10.3. The number of halogens is 1. The number of rotatable bonds is 6. The molecule has 3 aromatic rings. The van der Waals surface area contributed by atoms with Gasteiger partial charge in [0, 0.05) is 16.1 Å². The Morgan fingerprint density at radius 2 is 2.00 bits per heavy atom. The molecule has 3 rings (SSSR count). The SMILES string of the molecule is O=C(COC(=O)CSc1ncnc2sccc12)Nc1ccc(Cl)cc1. The number of esters is 1. The molecular weight excluding hydrogens is 382 g/mol. The van der Waals surface area contributed by atoms with E-state index in [4.69, 9.17) is 16.3 Å². The van der Waals surface area contributed by atoms with Gasteiger partial charge in [-0.3, -0.25) is 9.59 Å². The maximum absolute atomic E-state index is 11.8. The van der Waals surface area contributed by atoms with E-state index in [-0.39, 0.29) is 12.4 Å². The van der Waals surface area contributed by atoms with E-state index in [1.54, 1.807) is 24.3 Å². The van der Waals surface area contributed by atoms with Crippen LogP contribution in [-0.2, 0) is 14.3 Å². The summed E-state index contributed by atoms with van der Waals surface area (Å²) in [6.45, 7) is -0.348. The second-order valence-corrected chi connectivity index (χ2v) is 7.12. The minimum Gasteiger partial charge on any atom is -0.455 e. The summed E-state index contributed by atoms with van der Waals surface area (Å²) < 4.78 is 4.98. The maximum Gasteiger partial charge on any atom is 0.316 e. The molecule has 25 heavy (non-hydrogen) atoms. The minimum absolute atomic E-state index is 0.0657. The largest absolute Gasteiger partial charge is 0.455 e. The summed E-state index contributed by atoms with van der Waals surface area (Å²) in [6.07, 6.45) is 1.46. The van der Waals surface area contributed by atoms with Crippen molar-refractivity contribution in [2.75, 3.05) is 17.7 Å². The third kappa shape index (κ3) is 4.91. The number of amides is 1. The van der Waals surface area contributed by atoms with Crippen LogP contribution in [0.4, 0.5) is 5.69 Å². The molecule has 9 heteroatoms. The predicted molar refractivity (Wildman–Crippen MR) is 99.2 cm³/mol. The number of carbonyl (C=O) groups excluding carboxylic acids is 2.